The highest BCUT2D eigenvalue weighted by Crippen LogP contribution is 2.21. The van der Waals surface area contributed by atoms with Gasteiger partial charge in [-0.25, -0.2) is 0 Å². The summed E-state index contributed by atoms with van der Waals surface area (Å²) in [5, 5.41) is 3.20. The zero-order chi connectivity index (χ0) is 18.4. The maximum Gasteiger partial charge on any atom is 0.309 e. The molecule has 0 radical (unpaired) electrons. The van der Waals surface area contributed by atoms with Crippen LogP contribution in [0.15, 0.2) is 24.3 Å². The standard InChI is InChI=1S/C18H23ClN2O4/c1-3-20-16(22)12(2)25-18(24)14-8-10-21(11-9-14)17(23)13-4-6-15(19)7-5-13/h4-7,12,14H,3,8-11H2,1-2H3,(H,20,22)/t12-/m1/s1. The summed E-state index contributed by atoms with van der Waals surface area (Å²) in [7, 11) is 0. The highest BCUT2D eigenvalue weighted by atomic mass is 35.5. The largest absolute Gasteiger partial charge is 0.452 e. The van der Waals surface area contributed by atoms with Gasteiger partial charge < -0.3 is 15.0 Å². The number of amides is 2. The van der Waals surface area contributed by atoms with Crippen LogP contribution >= 0.6 is 11.6 Å². The van der Waals surface area contributed by atoms with Crippen LogP contribution in [0.25, 0.3) is 0 Å². The van der Waals surface area contributed by atoms with Gasteiger partial charge in [-0.05, 0) is 51.0 Å². The van der Waals surface area contributed by atoms with Crippen molar-refractivity contribution in [2.75, 3.05) is 19.6 Å². The number of likely N-dealkylation sites (tertiary alicyclic amines) is 1. The fourth-order valence-electron chi connectivity index (χ4n) is 2.74. The van der Waals surface area contributed by atoms with Gasteiger partial charge >= 0.3 is 5.97 Å². The maximum absolute atomic E-state index is 12.4. The van der Waals surface area contributed by atoms with Gasteiger partial charge in [0.05, 0.1) is 5.92 Å². The minimum Gasteiger partial charge on any atom is -0.452 e. The Morgan fingerprint density at radius 2 is 1.84 bits per heavy atom. The monoisotopic (exact) mass is 366 g/mol. The summed E-state index contributed by atoms with van der Waals surface area (Å²) >= 11 is 5.83. The Morgan fingerprint density at radius 3 is 2.40 bits per heavy atom. The van der Waals surface area contributed by atoms with Crippen molar-refractivity contribution in [1.29, 1.82) is 0 Å². The van der Waals surface area contributed by atoms with Crippen LogP contribution < -0.4 is 5.32 Å². The molecule has 0 spiro atoms. The van der Waals surface area contributed by atoms with E-state index in [1.807, 2.05) is 0 Å². The number of benzene rings is 1. The Labute approximate surface area is 152 Å². The number of esters is 1. The zero-order valence-electron chi connectivity index (χ0n) is 14.5. The molecule has 0 bridgehead atoms. The molecular weight excluding hydrogens is 344 g/mol. The van der Waals surface area contributed by atoms with E-state index in [-0.39, 0.29) is 23.7 Å². The van der Waals surface area contributed by atoms with E-state index in [1.165, 1.54) is 0 Å². The fourth-order valence-corrected chi connectivity index (χ4v) is 2.86. The highest BCUT2D eigenvalue weighted by Gasteiger charge is 2.30. The first-order chi connectivity index (χ1) is 11.9. The maximum atomic E-state index is 12.4. The summed E-state index contributed by atoms with van der Waals surface area (Å²) in [5.74, 6) is -1.03. The SMILES string of the molecule is CCNC(=O)[C@@H](C)OC(=O)C1CCN(C(=O)c2ccc(Cl)cc2)CC1. The number of piperidine rings is 1. The van der Waals surface area contributed by atoms with E-state index in [0.29, 0.717) is 43.1 Å². The molecule has 0 unspecified atom stereocenters. The van der Waals surface area contributed by atoms with Crippen molar-refractivity contribution in [3.63, 3.8) is 0 Å². The highest BCUT2D eigenvalue weighted by molar-refractivity contribution is 6.30. The lowest BCUT2D eigenvalue weighted by molar-refractivity contribution is -0.160. The predicted octanol–water partition coefficient (Wildman–Crippen LogP) is 2.26. The lowest BCUT2D eigenvalue weighted by atomic mass is 9.96. The third-order valence-corrected chi connectivity index (χ3v) is 4.47. The second-order valence-electron chi connectivity index (χ2n) is 6.05. The summed E-state index contributed by atoms with van der Waals surface area (Å²) < 4.78 is 5.23. The van der Waals surface area contributed by atoms with Crippen molar-refractivity contribution in [3.8, 4) is 0 Å². The first-order valence-corrected chi connectivity index (χ1v) is 8.83. The van der Waals surface area contributed by atoms with Crippen LogP contribution in [0.4, 0.5) is 0 Å². The lowest BCUT2D eigenvalue weighted by Crippen LogP contribution is -2.42. The molecule has 0 aromatic heterocycles. The van der Waals surface area contributed by atoms with Crippen LogP contribution in [0, 0.1) is 5.92 Å². The van der Waals surface area contributed by atoms with Crippen molar-refractivity contribution in [2.24, 2.45) is 5.92 Å². The number of likely N-dealkylation sites (N-methyl/N-ethyl adjacent to an activating group) is 1. The van der Waals surface area contributed by atoms with Crippen molar-refractivity contribution >= 4 is 29.4 Å². The quantitative estimate of drug-likeness (QED) is 0.811. The number of hydrogen-bond donors (Lipinski definition) is 1. The van der Waals surface area contributed by atoms with Gasteiger partial charge in [-0.15, -0.1) is 0 Å². The molecule has 1 atom stereocenters. The van der Waals surface area contributed by atoms with Gasteiger partial charge in [0.15, 0.2) is 6.10 Å². The molecule has 1 heterocycles. The zero-order valence-corrected chi connectivity index (χ0v) is 15.2. The minimum atomic E-state index is -0.804. The number of carbonyl (C=O) groups excluding carboxylic acids is 3. The number of carbonyl (C=O) groups is 3. The van der Waals surface area contributed by atoms with Crippen LogP contribution in [0.5, 0.6) is 0 Å². The molecule has 136 valence electrons. The minimum absolute atomic E-state index is 0.0702. The van der Waals surface area contributed by atoms with E-state index in [2.05, 4.69) is 5.32 Å². The average molecular weight is 367 g/mol. The molecule has 1 aromatic rings. The van der Waals surface area contributed by atoms with Crippen LogP contribution in [0.2, 0.25) is 5.02 Å². The van der Waals surface area contributed by atoms with Crippen molar-refractivity contribution < 1.29 is 19.1 Å². The molecule has 0 saturated carbocycles. The number of hydrogen-bond acceptors (Lipinski definition) is 4. The lowest BCUT2D eigenvalue weighted by Gasteiger charge is -2.31. The predicted molar refractivity (Wildman–Crippen MR) is 94.3 cm³/mol. The molecule has 1 aliphatic heterocycles. The van der Waals surface area contributed by atoms with Gasteiger partial charge in [0, 0.05) is 30.2 Å². The van der Waals surface area contributed by atoms with Gasteiger partial charge in [-0.1, -0.05) is 11.6 Å². The van der Waals surface area contributed by atoms with Crippen LogP contribution in [-0.2, 0) is 14.3 Å². The number of nitrogens with one attached hydrogen (secondary N) is 1. The normalized spacial score (nSPS) is 16.2. The Kier molecular flexibility index (Phi) is 6.82. The summed E-state index contributed by atoms with van der Waals surface area (Å²) in [5.41, 5.74) is 0.579. The first-order valence-electron chi connectivity index (χ1n) is 8.45. The third kappa shape index (κ3) is 5.19. The van der Waals surface area contributed by atoms with Crippen LogP contribution in [0.3, 0.4) is 0 Å². The molecule has 1 saturated heterocycles. The molecule has 1 aromatic carbocycles. The molecule has 1 N–H and O–H groups in total. The van der Waals surface area contributed by atoms with Crippen LogP contribution in [-0.4, -0.2) is 48.4 Å². The number of nitrogens with zero attached hydrogens (tertiary/aromatic N) is 1. The number of rotatable bonds is 5. The fraction of sp³-hybridized carbons (Fsp3) is 0.500. The van der Waals surface area contributed by atoms with Crippen molar-refractivity contribution in [1.82, 2.24) is 10.2 Å². The average Bonchev–Trinajstić information content (AvgIpc) is 2.62. The Bertz CT molecular complexity index is 624. The van der Waals surface area contributed by atoms with Gasteiger partial charge in [-0.2, -0.15) is 0 Å². The summed E-state index contributed by atoms with van der Waals surface area (Å²) in [6.07, 6.45) is 0.252. The van der Waals surface area contributed by atoms with Crippen LogP contribution in [0.1, 0.15) is 37.0 Å². The topological polar surface area (TPSA) is 75.7 Å². The van der Waals surface area contributed by atoms with Gasteiger partial charge in [-0.3, -0.25) is 14.4 Å². The third-order valence-electron chi connectivity index (χ3n) is 4.22. The van der Waals surface area contributed by atoms with E-state index < -0.39 is 6.10 Å². The van der Waals surface area contributed by atoms with Crippen molar-refractivity contribution in [3.05, 3.63) is 34.9 Å². The molecular formula is C18H23ClN2O4. The smallest absolute Gasteiger partial charge is 0.309 e. The summed E-state index contributed by atoms with van der Waals surface area (Å²) in [6, 6.07) is 6.75. The van der Waals surface area contributed by atoms with E-state index in [9.17, 15) is 14.4 Å². The first kappa shape index (κ1) is 19.2. The van der Waals surface area contributed by atoms with E-state index in [4.69, 9.17) is 16.3 Å². The Morgan fingerprint density at radius 1 is 1.24 bits per heavy atom. The number of ether oxygens (including phenoxy) is 1. The van der Waals surface area contributed by atoms with E-state index >= 15 is 0 Å². The molecule has 1 aliphatic rings. The van der Waals surface area contributed by atoms with Gasteiger partial charge in [0.2, 0.25) is 0 Å². The second-order valence-corrected chi connectivity index (χ2v) is 6.48. The molecule has 2 amide bonds. The van der Waals surface area contributed by atoms with Gasteiger partial charge in [0.1, 0.15) is 0 Å². The molecule has 2 rings (SSSR count). The molecule has 25 heavy (non-hydrogen) atoms. The number of halogens is 1. The van der Waals surface area contributed by atoms with Crippen molar-refractivity contribution in [2.45, 2.75) is 32.8 Å². The molecule has 0 aliphatic carbocycles. The summed E-state index contributed by atoms with van der Waals surface area (Å²) in [6.45, 7) is 4.82. The molecule has 6 nitrogen and oxygen atoms in total. The molecule has 7 heteroatoms. The van der Waals surface area contributed by atoms with Gasteiger partial charge in [0.25, 0.3) is 11.8 Å². The summed E-state index contributed by atoms with van der Waals surface area (Å²) in [4.78, 5) is 38.0. The second kappa shape index (κ2) is 8.85. The Hall–Kier alpha value is -2.08. The van der Waals surface area contributed by atoms with E-state index in [1.54, 1.807) is 43.0 Å². The Balaban J connectivity index is 1.84. The molecule has 1 fully saturated rings. The van der Waals surface area contributed by atoms with E-state index in [0.717, 1.165) is 0 Å².